The summed E-state index contributed by atoms with van der Waals surface area (Å²) in [6.07, 6.45) is 0.0472. The summed E-state index contributed by atoms with van der Waals surface area (Å²) in [4.78, 5) is 40.5. The number of methoxy groups -OCH3 is 2. The minimum absolute atomic E-state index is 0.0472. The van der Waals surface area contributed by atoms with Gasteiger partial charge in [-0.3, -0.25) is 14.4 Å². The van der Waals surface area contributed by atoms with Crippen molar-refractivity contribution in [2.75, 3.05) is 31.0 Å². The Kier molecular flexibility index (Phi) is 7.53. The van der Waals surface area contributed by atoms with Crippen molar-refractivity contribution in [3.05, 3.63) is 83.9 Å². The second-order valence-electron chi connectivity index (χ2n) is 8.58. The van der Waals surface area contributed by atoms with Crippen LogP contribution in [0.3, 0.4) is 0 Å². The Bertz CT molecular complexity index is 1260. The van der Waals surface area contributed by atoms with E-state index in [-0.39, 0.29) is 36.7 Å². The maximum atomic E-state index is 13.2. The van der Waals surface area contributed by atoms with Crippen LogP contribution in [-0.4, -0.2) is 38.5 Å². The lowest BCUT2D eigenvalue weighted by Gasteiger charge is -2.20. The highest BCUT2D eigenvalue weighted by Gasteiger charge is 2.37. The molecule has 0 aromatic heterocycles. The number of para-hydroxylation sites is 1. The first-order chi connectivity index (χ1) is 17.4. The number of anilines is 2. The third-order valence-corrected chi connectivity index (χ3v) is 6.25. The van der Waals surface area contributed by atoms with Crippen molar-refractivity contribution < 1.29 is 23.9 Å². The SMILES string of the molecule is COc1ccc(OC)c(N2C[C@@H](C(=O)Nc3ccccc3C(=O)N[C@@H](C)c3ccccc3)CC2=O)c1. The number of carbonyl (C=O) groups excluding carboxylic acids is 3. The molecule has 0 saturated carbocycles. The molecule has 1 heterocycles. The zero-order valence-corrected chi connectivity index (χ0v) is 20.5. The van der Waals surface area contributed by atoms with Crippen LogP contribution in [0, 0.1) is 5.92 Å². The summed E-state index contributed by atoms with van der Waals surface area (Å²) in [5, 5.41) is 5.83. The molecular formula is C28H29N3O5. The van der Waals surface area contributed by atoms with Crippen LogP contribution in [0.2, 0.25) is 0 Å². The van der Waals surface area contributed by atoms with E-state index in [9.17, 15) is 14.4 Å². The number of rotatable bonds is 8. The molecule has 186 valence electrons. The molecule has 1 fully saturated rings. The highest BCUT2D eigenvalue weighted by molar-refractivity contribution is 6.07. The smallest absolute Gasteiger partial charge is 0.253 e. The van der Waals surface area contributed by atoms with Gasteiger partial charge in [-0.05, 0) is 36.8 Å². The molecule has 1 saturated heterocycles. The predicted molar refractivity (Wildman–Crippen MR) is 137 cm³/mol. The zero-order chi connectivity index (χ0) is 25.7. The third kappa shape index (κ3) is 5.33. The van der Waals surface area contributed by atoms with Gasteiger partial charge in [0.1, 0.15) is 11.5 Å². The number of carbonyl (C=O) groups is 3. The fourth-order valence-electron chi connectivity index (χ4n) is 4.25. The van der Waals surface area contributed by atoms with E-state index in [1.165, 1.54) is 12.0 Å². The Balaban J connectivity index is 1.47. The van der Waals surface area contributed by atoms with E-state index in [1.807, 2.05) is 37.3 Å². The van der Waals surface area contributed by atoms with Crippen molar-refractivity contribution in [3.63, 3.8) is 0 Å². The van der Waals surface area contributed by atoms with E-state index >= 15 is 0 Å². The summed E-state index contributed by atoms with van der Waals surface area (Å²) in [5.41, 5.74) is 2.27. The minimum Gasteiger partial charge on any atom is -0.497 e. The van der Waals surface area contributed by atoms with Gasteiger partial charge in [0.2, 0.25) is 11.8 Å². The first-order valence-electron chi connectivity index (χ1n) is 11.7. The van der Waals surface area contributed by atoms with E-state index in [0.29, 0.717) is 28.4 Å². The minimum atomic E-state index is -0.590. The van der Waals surface area contributed by atoms with Crippen molar-refractivity contribution in [1.82, 2.24) is 5.32 Å². The quantitative estimate of drug-likeness (QED) is 0.497. The monoisotopic (exact) mass is 487 g/mol. The normalized spacial score (nSPS) is 15.8. The Morgan fingerprint density at radius 1 is 0.972 bits per heavy atom. The van der Waals surface area contributed by atoms with E-state index in [4.69, 9.17) is 9.47 Å². The van der Waals surface area contributed by atoms with Gasteiger partial charge in [0.25, 0.3) is 5.91 Å². The van der Waals surface area contributed by atoms with Crippen molar-refractivity contribution in [3.8, 4) is 11.5 Å². The number of hydrogen-bond donors (Lipinski definition) is 2. The summed E-state index contributed by atoms with van der Waals surface area (Å²) < 4.78 is 10.7. The Labute approximate surface area is 210 Å². The van der Waals surface area contributed by atoms with Gasteiger partial charge in [-0.1, -0.05) is 42.5 Å². The fourth-order valence-corrected chi connectivity index (χ4v) is 4.25. The first kappa shape index (κ1) is 24.8. The fraction of sp³-hybridized carbons (Fsp3) is 0.250. The molecule has 3 aromatic carbocycles. The summed E-state index contributed by atoms with van der Waals surface area (Å²) in [6, 6.07) is 21.4. The third-order valence-electron chi connectivity index (χ3n) is 6.25. The topological polar surface area (TPSA) is 97.0 Å². The first-order valence-corrected chi connectivity index (χ1v) is 11.7. The molecule has 36 heavy (non-hydrogen) atoms. The molecule has 3 amide bonds. The highest BCUT2D eigenvalue weighted by atomic mass is 16.5. The number of nitrogens with one attached hydrogen (secondary N) is 2. The van der Waals surface area contributed by atoms with E-state index in [0.717, 1.165) is 5.56 Å². The average molecular weight is 488 g/mol. The van der Waals surface area contributed by atoms with Crippen LogP contribution in [0.4, 0.5) is 11.4 Å². The van der Waals surface area contributed by atoms with Crippen LogP contribution in [0.1, 0.15) is 35.3 Å². The van der Waals surface area contributed by atoms with Crippen molar-refractivity contribution in [2.24, 2.45) is 5.92 Å². The standard InChI is InChI=1S/C28H29N3O5/c1-18(19-9-5-4-6-10-19)29-28(34)22-11-7-8-12-23(22)30-27(33)20-15-26(32)31(17-20)24-16-21(35-2)13-14-25(24)36-3/h4-14,16,18,20H,15,17H2,1-3H3,(H,29,34)(H,30,33)/t18-,20-/m0/s1. The molecule has 8 heteroatoms. The second-order valence-corrected chi connectivity index (χ2v) is 8.58. The molecule has 0 aliphatic carbocycles. The van der Waals surface area contributed by atoms with Crippen molar-refractivity contribution in [1.29, 1.82) is 0 Å². The number of hydrogen-bond acceptors (Lipinski definition) is 5. The average Bonchev–Trinajstić information content (AvgIpc) is 3.30. The maximum absolute atomic E-state index is 13.2. The highest BCUT2D eigenvalue weighted by Crippen LogP contribution is 2.36. The molecule has 0 bridgehead atoms. The second kappa shape index (κ2) is 10.9. The summed E-state index contributed by atoms with van der Waals surface area (Å²) in [5.74, 6) is -0.315. The molecule has 0 spiro atoms. The molecule has 1 aliphatic heterocycles. The molecular weight excluding hydrogens is 458 g/mol. The zero-order valence-electron chi connectivity index (χ0n) is 20.5. The van der Waals surface area contributed by atoms with Gasteiger partial charge < -0.3 is 25.0 Å². The van der Waals surface area contributed by atoms with Crippen LogP contribution in [0.5, 0.6) is 11.5 Å². The molecule has 2 N–H and O–H groups in total. The lowest BCUT2D eigenvalue weighted by atomic mass is 10.1. The van der Waals surface area contributed by atoms with Gasteiger partial charge in [0.15, 0.2) is 0 Å². The number of nitrogens with zero attached hydrogens (tertiary/aromatic N) is 1. The number of ether oxygens (including phenoxy) is 2. The lowest BCUT2D eigenvalue weighted by molar-refractivity contribution is -0.122. The Morgan fingerprint density at radius 2 is 1.69 bits per heavy atom. The predicted octanol–water partition coefficient (Wildman–Crippen LogP) is 4.19. The van der Waals surface area contributed by atoms with Gasteiger partial charge in [-0.2, -0.15) is 0 Å². The van der Waals surface area contributed by atoms with Gasteiger partial charge >= 0.3 is 0 Å². The van der Waals surface area contributed by atoms with Crippen LogP contribution in [0.25, 0.3) is 0 Å². The van der Waals surface area contributed by atoms with Crippen LogP contribution < -0.4 is 25.0 Å². The molecule has 0 unspecified atom stereocenters. The van der Waals surface area contributed by atoms with Crippen LogP contribution in [0.15, 0.2) is 72.8 Å². The van der Waals surface area contributed by atoms with Gasteiger partial charge in [0, 0.05) is 19.0 Å². The van der Waals surface area contributed by atoms with E-state index < -0.39 is 5.92 Å². The number of amides is 3. The number of benzene rings is 3. The van der Waals surface area contributed by atoms with Crippen LogP contribution >= 0.6 is 0 Å². The largest absolute Gasteiger partial charge is 0.497 e. The molecule has 8 nitrogen and oxygen atoms in total. The molecule has 2 atom stereocenters. The lowest BCUT2D eigenvalue weighted by Crippen LogP contribution is -2.30. The molecule has 1 aliphatic rings. The van der Waals surface area contributed by atoms with Crippen LogP contribution in [-0.2, 0) is 9.59 Å². The summed E-state index contributed by atoms with van der Waals surface area (Å²) in [6.45, 7) is 2.09. The molecule has 4 rings (SSSR count). The Hall–Kier alpha value is -4.33. The van der Waals surface area contributed by atoms with E-state index in [2.05, 4.69) is 10.6 Å². The van der Waals surface area contributed by atoms with Gasteiger partial charge in [-0.15, -0.1) is 0 Å². The molecule has 3 aromatic rings. The maximum Gasteiger partial charge on any atom is 0.253 e. The summed E-state index contributed by atoms with van der Waals surface area (Å²) in [7, 11) is 3.07. The van der Waals surface area contributed by atoms with Gasteiger partial charge in [-0.25, -0.2) is 0 Å². The van der Waals surface area contributed by atoms with Gasteiger partial charge in [0.05, 0.1) is 43.1 Å². The van der Waals surface area contributed by atoms with Crippen molar-refractivity contribution in [2.45, 2.75) is 19.4 Å². The van der Waals surface area contributed by atoms with Crippen molar-refractivity contribution >= 4 is 29.1 Å². The Morgan fingerprint density at radius 3 is 2.42 bits per heavy atom. The molecule has 0 radical (unpaired) electrons. The van der Waals surface area contributed by atoms with E-state index in [1.54, 1.807) is 49.6 Å². The summed E-state index contributed by atoms with van der Waals surface area (Å²) >= 11 is 0.